The number of carbonyl (C=O) groups is 2. The molecule has 2 atom stereocenters. The fourth-order valence-electron chi connectivity index (χ4n) is 5.20. The van der Waals surface area contributed by atoms with E-state index < -0.39 is 11.4 Å². The molecule has 4 aromatic rings. The molecule has 2 heterocycles. The Morgan fingerprint density at radius 2 is 1.67 bits per heavy atom. The Morgan fingerprint density at radius 1 is 1.03 bits per heavy atom. The minimum Gasteiger partial charge on any atom is -0.478 e. The number of halogens is 2. The first kappa shape index (κ1) is 23.2. The third-order valence-electron chi connectivity index (χ3n) is 7.24. The predicted octanol–water partition coefficient (Wildman–Crippen LogP) is 7.06. The highest BCUT2D eigenvalue weighted by molar-refractivity contribution is 14.1. The van der Waals surface area contributed by atoms with Gasteiger partial charge in [0.1, 0.15) is 5.41 Å². The Bertz CT molecular complexity index is 1570. The van der Waals surface area contributed by atoms with Gasteiger partial charge in [0.15, 0.2) is 0 Å². The molecule has 2 aliphatic rings. The second-order valence-electron chi connectivity index (χ2n) is 9.36. The van der Waals surface area contributed by atoms with Crippen LogP contribution in [0.3, 0.4) is 0 Å². The molecular weight excluding hydrogens is 587 g/mol. The number of aromatic nitrogens is 1. The van der Waals surface area contributed by atoms with Gasteiger partial charge in [0.05, 0.1) is 27.7 Å². The van der Waals surface area contributed by atoms with Gasteiger partial charge in [-0.25, -0.2) is 9.78 Å². The first-order chi connectivity index (χ1) is 17.3. The van der Waals surface area contributed by atoms with Gasteiger partial charge in [-0.3, -0.25) is 4.79 Å². The van der Waals surface area contributed by atoms with Crippen LogP contribution >= 0.6 is 34.2 Å². The lowest BCUT2D eigenvalue weighted by Gasteiger charge is -2.12. The number of hydrogen-bond acceptors (Lipinski definition) is 3. The number of anilines is 1. The smallest absolute Gasteiger partial charge is 0.335 e. The van der Waals surface area contributed by atoms with Crippen LogP contribution in [0.2, 0.25) is 5.02 Å². The summed E-state index contributed by atoms with van der Waals surface area (Å²) in [6, 6.07) is 23.6. The quantitative estimate of drug-likeness (QED) is 0.244. The number of amides is 1. The Kier molecular flexibility index (Phi) is 5.42. The number of rotatable bonds is 4. The second-order valence-corrected chi connectivity index (χ2v) is 11.0. The predicted molar refractivity (Wildman–Crippen MR) is 149 cm³/mol. The van der Waals surface area contributed by atoms with Crippen molar-refractivity contribution in [2.75, 3.05) is 5.32 Å². The third-order valence-corrected chi connectivity index (χ3v) is 8.25. The molecule has 178 valence electrons. The van der Waals surface area contributed by atoms with Crippen molar-refractivity contribution in [3.05, 3.63) is 104 Å². The van der Waals surface area contributed by atoms with Crippen LogP contribution in [0.5, 0.6) is 0 Å². The molecule has 36 heavy (non-hydrogen) atoms. The van der Waals surface area contributed by atoms with Gasteiger partial charge in [-0.2, -0.15) is 0 Å². The Morgan fingerprint density at radius 3 is 2.33 bits per heavy atom. The van der Waals surface area contributed by atoms with Crippen LogP contribution in [0.1, 0.15) is 39.5 Å². The molecule has 0 bridgehead atoms. The molecule has 1 amide bonds. The molecule has 7 heteroatoms. The van der Waals surface area contributed by atoms with Crippen molar-refractivity contribution in [3.63, 3.8) is 0 Å². The molecule has 5 nitrogen and oxygen atoms in total. The number of nitrogens with zero attached hydrogens (tertiary/aromatic N) is 1. The highest BCUT2D eigenvalue weighted by atomic mass is 127. The summed E-state index contributed by atoms with van der Waals surface area (Å²) < 4.78 is 1.18. The summed E-state index contributed by atoms with van der Waals surface area (Å²) >= 11 is 8.91. The highest BCUT2D eigenvalue weighted by Crippen LogP contribution is 2.65. The number of benzene rings is 3. The van der Waals surface area contributed by atoms with Gasteiger partial charge in [-0.05, 0) is 82.5 Å². The summed E-state index contributed by atoms with van der Waals surface area (Å²) in [6.07, 6.45) is 0.577. The topological polar surface area (TPSA) is 79.3 Å². The van der Waals surface area contributed by atoms with Crippen LogP contribution in [-0.4, -0.2) is 22.0 Å². The summed E-state index contributed by atoms with van der Waals surface area (Å²) in [5, 5.41) is 13.0. The molecule has 1 fully saturated rings. The van der Waals surface area contributed by atoms with E-state index in [9.17, 15) is 14.7 Å². The Labute approximate surface area is 226 Å². The SMILES string of the molecule is Cc1ccc(C2CC23C(=O)Nc2cc(Cl)c(-c4ccc(-c5ccc(I)cc5)cc4)nc23)cc1C(=O)O. The third kappa shape index (κ3) is 3.62. The lowest BCUT2D eigenvalue weighted by Crippen LogP contribution is -2.21. The Hall–Kier alpha value is -3.23. The standard InChI is InChI=1S/C29H20ClIN2O3/c1-15-2-3-19(12-21(15)27(34)35)22-14-29(22)26-24(32-28(29)36)13-23(30)25(33-26)18-6-4-16(5-7-18)17-8-10-20(31)11-9-17/h2-13,22H,14H2,1H3,(H,32,36)(H,34,35). The number of aryl methyl sites for hydroxylation is 1. The molecule has 1 aliphatic heterocycles. The van der Waals surface area contributed by atoms with E-state index in [1.807, 2.05) is 30.3 Å². The van der Waals surface area contributed by atoms with Crippen molar-refractivity contribution in [2.24, 2.45) is 0 Å². The van der Waals surface area contributed by atoms with Gasteiger partial charge in [-0.1, -0.05) is 60.1 Å². The molecule has 1 aliphatic carbocycles. The van der Waals surface area contributed by atoms with Gasteiger partial charge in [0.2, 0.25) is 5.91 Å². The zero-order chi connectivity index (χ0) is 25.2. The van der Waals surface area contributed by atoms with Crippen LogP contribution in [-0.2, 0) is 10.2 Å². The summed E-state index contributed by atoms with van der Waals surface area (Å²) in [7, 11) is 0. The molecule has 1 saturated carbocycles. The second kappa shape index (κ2) is 8.42. The van der Waals surface area contributed by atoms with Gasteiger partial charge >= 0.3 is 5.97 Å². The maximum absolute atomic E-state index is 13.2. The molecule has 2 N–H and O–H groups in total. The number of hydrogen-bond donors (Lipinski definition) is 2. The van der Waals surface area contributed by atoms with E-state index in [0.717, 1.165) is 22.3 Å². The van der Waals surface area contributed by atoms with Gasteiger partial charge < -0.3 is 10.4 Å². The van der Waals surface area contributed by atoms with E-state index in [4.69, 9.17) is 16.6 Å². The van der Waals surface area contributed by atoms with Crippen molar-refractivity contribution in [1.29, 1.82) is 0 Å². The van der Waals surface area contributed by atoms with Crippen LogP contribution in [0.15, 0.2) is 72.8 Å². The van der Waals surface area contributed by atoms with Gasteiger partial charge in [0, 0.05) is 15.1 Å². The molecule has 2 unspecified atom stereocenters. The summed E-state index contributed by atoms with van der Waals surface area (Å²) in [4.78, 5) is 29.7. The van der Waals surface area contributed by atoms with Gasteiger partial charge in [-0.15, -0.1) is 0 Å². The first-order valence-corrected chi connectivity index (χ1v) is 13.0. The minimum atomic E-state index is -0.971. The van der Waals surface area contributed by atoms with Crippen LogP contribution in [0.25, 0.3) is 22.4 Å². The molecule has 0 radical (unpaired) electrons. The normalized spacial score (nSPS) is 19.8. The van der Waals surface area contributed by atoms with E-state index >= 15 is 0 Å². The minimum absolute atomic E-state index is 0.116. The zero-order valence-corrected chi connectivity index (χ0v) is 22.1. The first-order valence-electron chi connectivity index (χ1n) is 11.5. The number of pyridine rings is 1. The number of fused-ring (bicyclic) bond motifs is 2. The molecular formula is C29H20ClIN2O3. The van der Waals surface area contributed by atoms with Gasteiger partial charge in [0.25, 0.3) is 0 Å². The van der Waals surface area contributed by atoms with Crippen LogP contribution < -0.4 is 5.32 Å². The Balaban J connectivity index is 1.37. The van der Waals surface area contributed by atoms with E-state index in [0.29, 0.717) is 34.1 Å². The van der Waals surface area contributed by atoms with E-state index in [1.165, 1.54) is 3.57 Å². The number of carboxylic acid groups (broad SMARTS) is 1. The van der Waals surface area contributed by atoms with Crippen LogP contribution in [0, 0.1) is 10.5 Å². The summed E-state index contributed by atoms with van der Waals surface area (Å²) in [5.41, 5.74) is 5.99. The molecule has 0 saturated heterocycles. The average molecular weight is 607 g/mol. The fraction of sp³-hybridized carbons (Fsp3) is 0.138. The highest BCUT2D eigenvalue weighted by Gasteiger charge is 2.66. The maximum Gasteiger partial charge on any atom is 0.335 e. The van der Waals surface area contributed by atoms with E-state index in [2.05, 4.69) is 52.2 Å². The molecule has 3 aromatic carbocycles. The maximum atomic E-state index is 13.2. The largest absolute Gasteiger partial charge is 0.478 e. The lowest BCUT2D eigenvalue weighted by molar-refractivity contribution is -0.118. The molecule has 1 spiro atoms. The fourth-order valence-corrected chi connectivity index (χ4v) is 5.82. The summed E-state index contributed by atoms with van der Waals surface area (Å²) in [6.45, 7) is 1.77. The monoisotopic (exact) mass is 606 g/mol. The van der Waals surface area contributed by atoms with Crippen molar-refractivity contribution in [3.8, 4) is 22.4 Å². The van der Waals surface area contributed by atoms with Crippen molar-refractivity contribution in [1.82, 2.24) is 4.98 Å². The van der Waals surface area contributed by atoms with Crippen LogP contribution in [0.4, 0.5) is 5.69 Å². The van der Waals surface area contributed by atoms with Crippen molar-refractivity contribution < 1.29 is 14.7 Å². The van der Waals surface area contributed by atoms with E-state index in [-0.39, 0.29) is 17.4 Å². The number of carbonyl (C=O) groups excluding carboxylic acids is 1. The lowest BCUT2D eigenvalue weighted by atomic mass is 9.93. The number of carboxylic acids is 1. The number of nitrogens with one attached hydrogen (secondary N) is 1. The molecule has 1 aromatic heterocycles. The van der Waals surface area contributed by atoms with E-state index in [1.54, 1.807) is 25.1 Å². The van der Waals surface area contributed by atoms with Crippen molar-refractivity contribution >= 4 is 51.8 Å². The molecule has 6 rings (SSSR count). The summed E-state index contributed by atoms with van der Waals surface area (Å²) in [5.74, 6) is -1.22. The average Bonchev–Trinajstić information content (AvgIpc) is 3.55. The zero-order valence-electron chi connectivity index (χ0n) is 19.2. The number of aromatic carboxylic acids is 1. The van der Waals surface area contributed by atoms with Crippen molar-refractivity contribution in [2.45, 2.75) is 24.7 Å².